The molecule has 106 valence electrons. The van der Waals surface area contributed by atoms with E-state index < -0.39 is 21.5 Å². The summed E-state index contributed by atoms with van der Waals surface area (Å²) in [7, 11) is -3.98. The van der Waals surface area contributed by atoms with Crippen LogP contribution in [0.3, 0.4) is 0 Å². The van der Waals surface area contributed by atoms with Gasteiger partial charge in [-0.15, -0.1) is 0 Å². The Hall–Kier alpha value is -1.45. The molecule has 1 atom stereocenters. The van der Waals surface area contributed by atoms with Gasteiger partial charge in [0.25, 0.3) is 10.0 Å². The van der Waals surface area contributed by atoms with E-state index in [9.17, 15) is 18.3 Å². The van der Waals surface area contributed by atoms with E-state index in [1.807, 2.05) is 6.92 Å². The van der Waals surface area contributed by atoms with Gasteiger partial charge in [0, 0.05) is 25.8 Å². The largest absolute Gasteiger partial charge is 0.480 e. The van der Waals surface area contributed by atoms with Crippen molar-refractivity contribution in [1.29, 1.82) is 0 Å². The number of nitrogens with one attached hydrogen (secondary N) is 1. The van der Waals surface area contributed by atoms with Crippen LogP contribution < -0.4 is 4.72 Å². The minimum atomic E-state index is -3.98. The van der Waals surface area contributed by atoms with Crippen LogP contribution in [0, 0.1) is 0 Å². The van der Waals surface area contributed by atoms with Crippen LogP contribution in [-0.4, -0.2) is 47.8 Å². The number of aryl methyl sites for hydroxylation is 1. The van der Waals surface area contributed by atoms with Crippen LogP contribution in [0.1, 0.15) is 13.3 Å². The normalized spacial score (nSPS) is 23.6. The Kier molecular flexibility index (Phi) is 3.61. The molecule has 1 aromatic rings. The summed E-state index contributed by atoms with van der Waals surface area (Å²) in [6.07, 6.45) is 2.83. The first-order valence-corrected chi connectivity index (χ1v) is 7.25. The predicted molar refractivity (Wildman–Crippen MR) is 64.0 cm³/mol. The quantitative estimate of drug-likeness (QED) is 0.750. The van der Waals surface area contributed by atoms with Gasteiger partial charge >= 0.3 is 5.97 Å². The van der Waals surface area contributed by atoms with Crippen LogP contribution >= 0.6 is 0 Å². The molecule has 19 heavy (non-hydrogen) atoms. The summed E-state index contributed by atoms with van der Waals surface area (Å²) in [6, 6.07) is 0. The van der Waals surface area contributed by atoms with Gasteiger partial charge in [-0.05, 0) is 6.92 Å². The summed E-state index contributed by atoms with van der Waals surface area (Å²) in [5, 5.41) is 9.00. The molecule has 1 aliphatic heterocycles. The molecule has 9 heteroatoms. The second-order valence-electron chi connectivity index (χ2n) is 4.34. The van der Waals surface area contributed by atoms with Gasteiger partial charge < -0.3 is 14.4 Å². The molecule has 1 fully saturated rings. The molecule has 2 N–H and O–H groups in total. The van der Waals surface area contributed by atoms with E-state index >= 15 is 0 Å². The third-order valence-corrected chi connectivity index (χ3v) is 4.43. The van der Waals surface area contributed by atoms with Crippen LogP contribution in [0.5, 0.6) is 0 Å². The van der Waals surface area contributed by atoms with Crippen molar-refractivity contribution in [3.8, 4) is 0 Å². The number of carboxylic acid groups (broad SMARTS) is 1. The molecule has 0 bridgehead atoms. The number of hydrogen-bond donors (Lipinski definition) is 2. The number of carbonyl (C=O) groups is 1. The van der Waals surface area contributed by atoms with Crippen molar-refractivity contribution < 1.29 is 23.1 Å². The first-order valence-electron chi connectivity index (χ1n) is 5.76. The molecule has 1 aliphatic rings. The van der Waals surface area contributed by atoms with Gasteiger partial charge in [0.05, 0.1) is 12.9 Å². The minimum Gasteiger partial charge on any atom is -0.480 e. The van der Waals surface area contributed by atoms with Crippen LogP contribution in [0.2, 0.25) is 0 Å². The zero-order valence-electron chi connectivity index (χ0n) is 10.4. The van der Waals surface area contributed by atoms with E-state index in [-0.39, 0.29) is 24.7 Å². The average molecular weight is 289 g/mol. The fourth-order valence-corrected chi connectivity index (χ4v) is 3.15. The molecule has 0 spiro atoms. The summed E-state index contributed by atoms with van der Waals surface area (Å²) in [5.74, 6) is -1.25. The maximum Gasteiger partial charge on any atom is 0.327 e. The molecule has 0 radical (unpaired) electrons. The lowest BCUT2D eigenvalue weighted by Crippen LogP contribution is -2.55. The molecule has 0 aliphatic carbocycles. The molecule has 0 amide bonds. The Morgan fingerprint density at radius 1 is 1.68 bits per heavy atom. The number of carboxylic acids is 1. The van der Waals surface area contributed by atoms with E-state index in [2.05, 4.69) is 9.71 Å². The molecule has 1 unspecified atom stereocenters. The lowest BCUT2D eigenvalue weighted by atomic mass is 10.0. The van der Waals surface area contributed by atoms with Gasteiger partial charge in [-0.3, -0.25) is 4.79 Å². The van der Waals surface area contributed by atoms with Crippen LogP contribution in [0.25, 0.3) is 0 Å². The molecule has 0 aromatic carbocycles. The molecule has 1 saturated heterocycles. The van der Waals surface area contributed by atoms with E-state index in [4.69, 9.17) is 4.74 Å². The molecule has 2 rings (SSSR count). The highest BCUT2D eigenvalue weighted by molar-refractivity contribution is 7.89. The molecule has 8 nitrogen and oxygen atoms in total. The number of aromatic nitrogens is 2. The zero-order valence-corrected chi connectivity index (χ0v) is 11.2. The monoisotopic (exact) mass is 289 g/mol. The van der Waals surface area contributed by atoms with Gasteiger partial charge in [0.2, 0.25) is 0 Å². The van der Waals surface area contributed by atoms with Gasteiger partial charge in [-0.2, -0.15) is 4.72 Å². The Morgan fingerprint density at radius 3 is 2.89 bits per heavy atom. The lowest BCUT2D eigenvalue weighted by Gasteiger charge is -2.22. The second kappa shape index (κ2) is 4.91. The van der Waals surface area contributed by atoms with Gasteiger partial charge in [0.15, 0.2) is 10.6 Å². The Morgan fingerprint density at radius 2 is 2.42 bits per heavy atom. The summed E-state index contributed by atoms with van der Waals surface area (Å²) in [6.45, 7) is 2.44. The summed E-state index contributed by atoms with van der Waals surface area (Å²) in [4.78, 5) is 15.0. The maximum absolute atomic E-state index is 12.1. The van der Waals surface area contributed by atoms with Gasteiger partial charge in [0.1, 0.15) is 0 Å². The molecule has 2 heterocycles. The number of sulfonamides is 1. The highest BCUT2D eigenvalue weighted by atomic mass is 32.2. The summed E-state index contributed by atoms with van der Waals surface area (Å²) < 4.78 is 33.0. The van der Waals surface area contributed by atoms with E-state index in [0.29, 0.717) is 6.54 Å². The Labute approximate surface area is 110 Å². The van der Waals surface area contributed by atoms with Gasteiger partial charge in [-0.1, -0.05) is 0 Å². The molecular weight excluding hydrogens is 274 g/mol. The molecule has 0 saturated carbocycles. The Bertz CT molecular complexity index is 574. The molecule has 1 aromatic heterocycles. The van der Waals surface area contributed by atoms with Gasteiger partial charge in [-0.25, -0.2) is 13.4 Å². The highest BCUT2D eigenvalue weighted by Crippen LogP contribution is 2.22. The van der Waals surface area contributed by atoms with Crippen molar-refractivity contribution in [2.45, 2.75) is 30.5 Å². The average Bonchev–Trinajstić information content (AvgIpc) is 2.96. The number of nitrogens with zero attached hydrogens (tertiary/aromatic N) is 2. The van der Waals surface area contributed by atoms with Crippen LogP contribution in [0.15, 0.2) is 17.6 Å². The van der Waals surface area contributed by atoms with E-state index in [0.717, 1.165) is 0 Å². The summed E-state index contributed by atoms with van der Waals surface area (Å²) >= 11 is 0. The van der Waals surface area contributed by atoms with Crippen LogP contribution in [0.4, 0.5) is 0 Å². The number of hydrogen-bond acceptors (Lipinski definition) is 5. The first-order chi connectivity index (χ1) is 8.89. The SMILES string of the molecule is CCn1cnc(S(=O)(=O)NC2(C(=O)O)CCOC2)c1. The molecular formula is C10H15N3O5S. The summed E-state index contributed by atoms with van der Waals surface area (Å²) in [5.41, 5.74) is -1.60. The fourth-order valence-electron chi connectivity index (χ4n) is 1.82. The highest BCUT2D eigenvalue weighted by Gasteiger charge is 2.46. The number of aliphatic carboxylic acids is 1. The number of ether oxygens (including phenoxy) is 1. The van der Waals surface area contributed by atoms with Crippen molar-refractivity contribution >= 4 is 16.0 Å². The van der Waals surface area contributed by atoms with Crippen molar-refractivity contribution in [3.63, 3.8) is 0 Å². The Balaban J connectivity index is 2.27. The first kappa shape index (κ1) is 14.0. The fraction of sp³-hybridized carbons (Fsp3) is 0.600. The third kappa shape index (κ3) is 2.62. The second-order valence-corrected chi connectivity index (χ2v) is 5.97. The van der Waals surface area contributed by atoms with Crippen LogP contribution in [-0.2, 0) is 26.1 Å². The predicted octanol–water partition coefficient (Wildman–Crippen LogP) is -0.575. The van der Waals surface area contributed by atoms with Crippen molar-refractivity contribution in [2.24, 2.45) is 0 Å². The standard InChI is InChI=1S/C10H15N3O5S/c1-2-13-5-8(11-7-13)19(16,17)12-10(9(14)15)3-4-18-6-10/h5,7,12H,2-4,6H2,1H3,(H,14,15). The maximum atomic E-state index is 12.1. The lowest BCUT2D eigenvalue weighted by molar-refractivity contribution is -0.144. The topological polar surface area (TPSA) is 111 Å². The van der Waals surface area contributed by atoms with Crippen molar-refractivity contribution in [2.75, 3.05) is 13.2 Å². The number of imidazole rings is 1. The minimum absolute atomic E-state index is 0.0933. The zero-order chi connectivity index (χ0) is 14.1. The third-order valence-electron chi connectivity index (χ3n) is 3.01. The number of rotatable bonds is 5. The smallest absolute Gasteiger partial charge is 0.327 e. The van der Waals surface area contributed by atoms with E-state index in [1.54, 1.807) is 4.57 Å². The van der Waals surface area contributed by atoms with E-state index in [1.165, 1.54) is 12.5 Å². The van der Waals surface area contributed by atoms with Crippen molar-refractivity contribution in [1.82, 2.24) is 14.3 Å². The van der Waals surface area contributed by atoms with Crippen molar-refractivity contribution in [3.05, 3.63) is 12.5 Å².